The van der Waals surface area contributed by atoms with E-state index in [1.54, 1.807) is 12.1 Å². The Morgan fingerprint density at radius 3 is 3.00 bits per heavy atom. The summed E-state index contributed by atoms with van der Waals surface area (Å²) in [5.41, 5.74) is 1.41. The van der Waals surface area contributed by atoms with E-state index in [1.807, 2.05) is 6.92 Å². The lowest BCUT2D eigenvalue weighted by Gasteiger charge is -1.93. The minimum absolute atomic E-state index is 0.129. The van der Waals surface area contributed by atoms with Gasteiger partial charge in [-0.1, -0.05) is 12.1 Å². The van der Waals surface area contributed by atoms with Gasteiger partial charge in [0, 0.05) is 5.69 Å². The Morgan fingerprint density at radius 2 is 2.36 bits per heavy atom. The Kier molecular flexibility index (Phi) is 1.92. The van der Waals surface area contributed by atoms with Crippen molar-refractivity contribution in [3.8, 4) is 0 Å². The van der Waals surface area contributed by atoms with Gasteiger partial charge in [-0.2, -0.15) is 0 Å². The van der Waals surface area contributed by atoms with Crippen LogP contribution in [0.15, 0.2) is 16.7 Å². The van der Waals surface area contributed by atoms with Crippen molar-refractivity contribution in [1.29, 1.82) is 0 Å². The smallest absolute Gasteiger partial charge is 0.360 e. The van der Waals surface area contributed by atoms with Crippen LogP contribution in [0.1, 0.15) is 23.1 Å². The van der Waals surface area contributed by atoms with Crippen molar-refractivity contribution in [2.75, 3.05) is 0 Å². The molecule has 0 aliphatic rings. The van der Waals surface area contributed by atoms with Crippen LogP contribution in [0.2, 0.25) is 0 Å². The van der Waals surface area contributed by atoms with Gasteiger partial charge < -0.3 is 9.63 Å². The van der Waals surface area contributed by atoms with Gasteiger partial charge in [0.25, 0.3) is 0 Å². The maximum atomic E-state index is 10.7. The molecule has 0 saturated heterocycles. The Labute approximate surface area is 79.3 Å². The zero-order valence-electron chi connectivity index (χ0n) is 7.52. The minimum Gasteiger partial charge on any atom is -0.476 e. The van der Waals surface area contributed by atoms with Crippen molar-refractivity contribution in [2.24, 2.45) is 0 Å². The summed E-state index contributed by atoms with van der Waals surface area (Å²) < 4.78 is 4.82. The molecule has 0 bridgehead atoms. The van der Waals surface area contributed by atoms with Crippen LogP contribution in [-0.2, 0) is 6.42 Å². The van der Waals surface area contributed by atoms with Crippen LogP contribution in [0, 0.1) is 0 Å². The van der Waals surface area contributed by atoms with Gasteiger partial charge >= 0.3 is 5.97 Å². The van der Waals surface area contributed by atoms with Gasteiger partial charge in [-0.05, 0) is 18.6 Å². The number of carboxylic acid groups (broad SMARTS) is 1. The third-order valence-electron chi connectivity index (χ3n) is 1.94. The summed E-state index contributed by atoms with van der Waals surface area (Å²) in [7, 11) is 0. The van der Waals surface area contributed by atoms with E-state index in [-0.39, 0.29) is 5.69 Å². The fraction of sp³-hybridized carbons (Fsp3) is 0.222. The Bertz CT molecular complexity index is 490. The zero-order chi connectivity index (χ0) is 10.1. The average molecular weight is 192 g/mol. The van der Waals surface area contributed by atoms with E-state index in [0.29, 0.717) is 11.1 Å². The normalized spacial score (nSPS) is 10.6. The molecule has 14 heavy (non-hydrogen) atoms. The highest BCUT2D eigenvalue weighted by Crippen LogP contribution is 2.16. The molecule has 5 nitrogen and oxygen atoms in total. The molecule has 0 aliphatic carbocycles. The highest BCUT2D eigenvalue weighted by molar-refractivity contribution is 5.98. The first-order chi connectivity index (χ1) is 6.72. The van der Waals surface area contributed by atoms with Gasteiger partial charge in [0.2, 0.25) is 5.69 Å². The SMILES string of the molecule is CCc1ccc2onc(C(=O)O)c2n1. The first kappa shape index (κ1) is 8.68. The predicted molar refractivity (Wildman–Crippen MR) is 48.1 cm³/mol. The van der Waals surface area contributed by atoms with E-state index in [1.165, 1.54) is 0 Å². The number of rotatable bonds is 2. The van der Waals surface area contributed by atoms with Crippen LogP contribution < -0.4 is 0 Å². The Morgan fingerprint density at radius 1 is 1.57 bits per heavy atom. The van der Waals surface area contributed by atoms with Gasteiger partial charge in [-0.3, -0.25) is 0 Å². The van der Waals surface area contributed by atoms with Crippen LogP contribution in [0.5, 0.6) is 0 Å². The number of carboxylic acids is 1. The third-order valence-corrected chi connectivity index (χ3v) is 1.94. The standard InChI is InChI=1S/C9H8N2O3/c1-2-5-3-4-6-7(10-5)8(9(12)13)11-14-6/h3-4H,2H2,1H3,(H,12,13). The fourth-order valence-electron chi connectivity index (χ4n) is 1.21. The molecule has 5 heteroatoms. The maximum Gasteiger partial charge on any atom is 0.360 e. The second-order valence-corrected chi connectivity index (χ2v) is 2.84. The first-order valence-corrected chi connectivity index (χ1v) is 4.21. The lowest BCUT2D eigenvalue weighted by Crippen LogP contribution is -1.98. The lowest BCUT2D eigenvalue weighted by molar-refractivity contribution is 0.0687. The summed E-state index contributed by atoms with van der Waals surface area (Å²) in [4.78, 5) is 14.9. The molecular formula is C9H8N2O3. The summed E-state index contributed by atoms with van der Waals surface area (Å²) in [6.45, 7) is 1.95. The van der Waals surface area contributed by atoms with Gasteiger partial charge in [0.15, 0.2) is 5.58 Å². The molecule has 2 aromatic rings. The van der Waals surface area contributed by atoms with E-state index in [9.17, 15) is 4.79 Å². The number of fused-ring (bicyclic) bond motifs is 1. The predicted octanol–water partition coefficient (Wildman–Crippen LogP) is 1.48. The van der Waals surface area contributed by atoms with E-state index in [0.717, 1.165) is 12.1 Å². The van der Waals surface area contributed by atoms with Crippen LogP contribution in [0.3, 0.4) is 0 Å². The molecule has 0 aliphatic heterocycles. The van der Waals surface area contributed by atoms with Crippen molar-refractivity contribution < 1.29 is 14.4 Å². The molecule has 1 N–H and O–H groups in total. The van der Waals surface area contributed by atoms with E-state index >= 15 is 0 Å². The molecule has 0 spiro atoms. The number of pyridine rings is 1. The average Bonchev–Trinajstić information content (AvgIpc) is 2.59. The number of nitrogens with zero attached hydrogens (tertiary/aromatic N) is 2. The lowest BCUT2D eigenvalue weighted by atomic mass is 10.2. The second-order valence-electron chi connectivity index (χ2n) is 2.84. The largest absolute Gasteiger partial charge is 0.476 e. The molecule has 0 fully saturated rings. The molecule has 2 rings (SSSR count). The third kappa shape index (κ3) is 1.22. The number of hydrogen-bond donors (Lipinski definition) is 1. The van der Waals surface area contributed by atoms with Crippen molar-refractivity contribution in [1.82, 2.24) is 10.1 Å². The molecular weight excluding hydrogens is 184 g/mol. The monoisotopic (exact) mass is 192 g/mol. The summed E-state index contributed by atoms with van der Waals surface area (Å²) >= 11 is 0. The molecule has 0 aromatic carbocycles. The van der Waals surface area contributed by atoms with Crippen molar-refractivity contribution >= 4 is 17.1 Å². The topological polar surface area (TPSA) is 76.2 Å². The molecule has 0 radical (unpaired) electrons. The highest BCUT2D eigenvalue weighted by atomic mass is 16.5. The quantitative estimate of drug-likeness (QED) is 0.779. The van der Waals surface area contributed by atoms with Gasteiger partial charge in [-0.15, -0.1) is 0 Å². The summed E-state index contributed by atoms with van der Waals surface area (Å²) in [5.74, 6) is -1.12. The number of hydrogen-bond acceptors (Lipinski definition) is 4. The van der Waals surface area contributed by atoms with Crippen LogP contribution in [0.25, 0.3) is 11.1 Å². The maximum absolute atomic E-state index is 10.7. The van der Waals surface area contributed by atoms with Crippen molar-refractivity contribution in [3.63, 3.8) is 0 Å². The molecule has 0 atom stereocenters. The van der Waals surface area contributed by atoms with Crippen molar-refractivity contribution in [2.45, 2.75) is 13.3 Å². The minimum atomic E-state index is -1.12. The van der Waals surface area contributed by atoms with Gasteiger partial charge in [0.05, 0.1) is 0 Å². The summed E-state index contributed by atoms with van der Waals surface area (Å²) in [6, 6.07) is 3.47. The number of aromatic carboxylic acids is 1. The van der Waals surface area contributed by atoms with Crippen LogP contribution in [-0.4, -0.2) is 21.2 Å². The van der Waals surface area contributed by atoms with Crippen LogP contribution >= 0.6 is 0 Å². The van der Waals surface area contributed by atoms with Gasteiger partial charge in [-0.25, -0.2) is 9.78 Å². The van der Waals surface area contributed by atoms with E-state index in [2.05, 4.69) is 10.1 Å². The molecule has 0 saturated carbocycles. The number of aryl methyl sites for hydroxylation is 1. The Balaban J connectivity index is 2.69. The van der Waals surface area contributed by atoms with Crippen LogP contribution in [0.4, 0.5) is 0 Å². The second kappa shape index (κ2) is 3.10. The summed E-state index contributed by atoms with van der Waals surface area (Å²) in [6.07, 6.45) is 0.750. The molecule has 2 aromatic heterocycles. The summed E-state index contributed by atoms with van der Waals surface area (Å²) in [5, 5.41) is 12.2. The highest BCUT2D eigenvalue weighted by Gasteiger charge is 2.16. The van der Waals surface area contributed by atoms with Crippen molar-refractivity contribution in [3.05, 3.63) is 23.5 Å². The fourth-order valence-corrected chi connectivity index (χ4v) is 1.21. The number of aromatic nitrogens is 2. The molecule has 2 heterocycles. The first-order valence-electron chi connectivity index (χ1n) is 4.21. The van der Waals surface area contributed by atoms with E-state index in [4.69, 9.17) is 9.63 Å². The molecule has 0 unspecified atom stereocenters. The Hall–Kier alpha value is -1.91. The van der Waals surface area contributed by atoms with E-state index < -0.39 is 5.97 Å². The molecule has 0 amide bonds. The number of carbonyl (C=O) groups is 1. The molecule has 72 valence electrons. The van der Waals surface area contributed by atoms with Gasteiger partial charge in [0.1, 0.15) is 5.52 Å². The zero-order valence-corrected chi connectivity index (χ0v) is 7.52.